The first kappa shape index (κ1) is 14.1. The molecule has 0 aliphatic rings. The Morgan fingerprint density at radius 3 is 2.68 bits per heavy atom. The van der Waals surface area contributed by atoms with Gasteiger partial charge in [-0.1, -0.05) is 6.92 Å². The number of aryl methyl sites for hydroxylation is 1. The zero-order chi connectivity index (χ0) is 13.8. The van der Waals surface area contributed by atoms with Crippen molar-refractivity contribution in [2.24, 2.45) is 0 Å². The molecule has 0 spiro atoms. The lowest BCUT2D eigenvalue weighted by Gasteiger charge is -2.05. The van der Waals surface area contributed by atoms with Crippen LogP contribution in [0.2, 0.25) is 0 Å². The molecule has 100 valence electrons. The van der Waals surface area contributed by atoms with Gasteiger partial charge in [0.1, 0.15) is 5.75 Å². The molecule has 5 heteroatoms. The lowest BCUT2D eigenvalue weighted by atomic mass is 10.2. The van der Waals surface area contributed by atoms with Crippen LogP contribution < -0.4 is 5.32 Å². The summed E-state index contributed by atoms with van der Waals surface area (Å²) in [6.07, 6.45) is 1.01. The van der Waals surface area contributed by atoms with Gasteiger partial charge < -0.3 is 10.4 Å². The van der Waals surface area contributed by atoms with Gasteiger partial charge in [0.15, 0.2) is 0 Å². The van der Waals surface area contributed by atoms with Gasteiger partial charge in [-0.3, -0.25) is 4.79 Å². The summed E-state index contributed by atoms with van der Waals surface area (Å²) in [5, 5.41) is 12.4. The first-order valence-electron chi connectivity index (χ1n) is 5.94. The van der Waals surface area contributed by atoms with E-state index in [4.69, 9.17) is 0 Å². The summed E-state index contributed by atoms with van der Waals surface area (Å²) >= 11 is 4.89. The van der Waals surface area contributed by atoms with E-state index in [1.54, 1.807) is 23.5 Å². The summed E-state index contributed by atoms with van der Waals surface area (Å²) in [7, 11) is 0. The zero-order valence-corrected chi connectivity index (χ0v) is 12.8. The summed E-state index contributed by atoms with van der Waals surface area (Å²) in [5.41, 5.74) is 0.452. The number of phenolic OH excluding ortho intramolecular Hbond substituents is 1. The Labute approximate surface area is 124 Å². The fraction of sp³-hybridized carbons (Fsp3) is 0.214. The van der Waals surface area contributed by atoms with Crippen molar-refractivity contribution in [3.05, 3.63) is 50.1 Å². The number of aromatic hydroxyl groups is 1. The van der Waals surface area contributed by atoms with Gasteiger partial charge in [0, 0.05) is 15.3 Å². The third-order valence-corrected chi connectivity index (χ3v) is 4.60. The van der Waals surface area contributed by atoms with Gasteiger partial charge in [-0.25, -0.2) is 0 Å². The minimum atomic E-state index is -0.186. The van der Waals surface area contributed by atoms with Crippen molar-refractivity contribution in [3.63, 3.8) is 0 Å². The third-order valence-electron chi connectivity index (χ3n) is 2.70. The fourth-order valence-electron chi connectivity index (χ4n) is 1.63. The highest BCUT2D eigenvalue weighted by atomic mass is 79.9. The SMILES string of the molecule is CCc1ccc(CNC(=O)c2ccc(Br)c(O)c2)s1. The van der Waals surface area contributed by atoms with Crippen LogP contribution in [-0.4, -0.2) is 11.0 Å². The Kier molecular flexibility index (Phi) is 4.61. The van der Waals surface area contributed by atoms with Crippen LogP contribution >= 0.6 is 27.3 Å². The molecule has 0 radical (unpaired) electrons. The van der Waals surface area contributed by atoms with Gasteiger partial charge in [-0.2, -0.15) is 0 Å². The standard InChI is InChI=1S/C14H14BrNO2S/c1-2-10-4-5-11(19-10)8-16-14(18)9-3-6-12(15)13(17)7-9/h3-7,17H,2,8H2,1H3,(H,16,18). The van der Waals surface area contributed by atoms with Crippen LogP contribution in [0.5, 0.6) is 5.75 Å². The lowest BCUT2D eigenvalue weighted by molar-refractivity contribution is 0.0951. The average Bonchev–Trinajstić information content (AvgIpc) is 2.87. The van der Waals surface area contributed by atoms with Gasteiger partial charge in [0.25, 0.3) is 5.91 Å². The molecule has 0 aliphatic carbocycles. The van der Waals surface area contributed by atoms with Crippen molar-refractivity contribution in [2.45, 2.75) is 19.9 Å². The molecule has 0 unspecified atom stereocenters. The van der Waals surface area contributed by atoms with Gasteiger partial charge in [-0.15, -0.1) is 11.3 Å². The zero-order valence-electron chi connectivity index (χ0n) is 10.4. The second kappa shape index (κ2) is 6.21. The Morgan fingerprint density at radius 2 is 2.05 bits per heavy atom. The number of carbonyl (C=O) groups excluding carboxylic acids is 1. The van der Waals surface area contributed by atoms with Crippen molar-refractivity contribution >= 4 is 33.2 Å². The van der Waals surface area contributed by atoms with E-state index in [2.05, 4.69) is 34.2 Å². The van der Waals surface area contributed by atoms with E-state index < -0.39 is 0 Å². The highest BCUT2D eigenvalue weighted by Crippen LogP contribution is 2.24. The minimum absolute atomic E-state index is 0.0667. The molecule has 0 atom stereocenters. The fourth-order valence-corrected chi connectivity index (χ4v) is 2.77. The summed E-state index contributed by atoms with van der Waals surface area (Å²) in [5.74, 6) is -0.119. The van der Waals surface area contributed by atoms with Crippen LogP contribution in [0, 0.1) is 0 Å². The first-order valence-corrected chi connectivity index (χ1v) is 7.55. The molecule has 3 nitrogen and oxygen atoms in total. The Morgan fingerprint density at radius 1 is 1.32 bits per heavy atom. The lowest BCUT2D eigenvalue weighted by Crippen LogP contribution is -2.22. The van der Waals surface area contributed by atoms with Crippen LogP contribution in [0.15, 0.2) is 34.8 Å². The van der Waals surface area contributed by atoms with E-state index in [1.807, 2.05) is 6.07 Å². The van der Waals surface area contributed by atoms with Crippen LogP contribution in [0.4, 0.5) is 0 Å². The van der Waals surface area contributed by atoms with Crippen LogP contribution in [0.3, 0.4) is 0 Å². The van der Waals surface area contributed by atoms with Gasteiger partial charge in [-0.05, 0) is 52.7 Å². The maximum absolute atomic E-state index is 11.9. The smallest absolute Gasteiger partial charge is 0.251 e. The molecule has 0 aliphatic heterocycles. The quantitative estimate of drug-likeness (QED) is 0.891. The molecule has 2 rings (SSSR count). The van der Waals surface area contributed by atoms with Crippen molar-refractivity contribution in [1.29, 1.82) is 0 Å². The molecule has 19 heavy (non-hydrogen) atoms. The number of carbonyl (C=O) groups is 1. The van der Waals surface area contributed by atoms with E-state index in [9.17, 15) is 9.90 Å². The Balaban J connectivity index is 1.99. The van der Waals surface area contributed by atoms with Crippen LogP contribution in [0.1, 0.15) is 27.0 Å². The van der Waals surface area contributed by atoms with Crippen molar-refractivity contribution in [1.82, 2.24) is 5.32 Å². The van der Waals surface area contributed by atoms with Crippen LogP contribution in [-0.2, 0) is 13.0 Å². The number of rotatable bonds is 4. The number of phenols is 1. The topological polar surface area (TPSA) is 49.3 Å². The molecule has 1 aromatic heterocycles. The van der Waals surface area contributed by atoms with E-state index in [1.165, 1.54) is 10.9 Å². The molecule has 0 fully saturated rings. The second-order valence-corrected chi connectivity index (χ2v) is 6.18. The van der Waals surface area contributed by atoms with Crippen molar-refractivity contribution in [3.8, 4) is 5.75 Å². The van der Waals surface area contributed by atoms with Crippen LogP contribution in [0.25, 0.3) is 0 Å². The maximum atomic E-state index is 11.9. The Bertz CT molecular complexity index is 595. The highest BCUT2D eigenvalue weighted by molar-refractivity contribution is 9.10. The number of nitrogens with one attached hydrogen (secondary N) is 1. The first-order chi connectivity index (χ1) is 9.10. The molecular formula is C14H14BrNO2S. The highest BCUT2D eigenvalue weighted by Gasteiger charge is 2.08. The minimum Gasteiger partial charge on any atom is -0.507 e. The molecule has 2 N–H and O–H groups in total. The van der Waals surface area contributed by atoms with Gasteiger partial charge >= 0.3 is 0 Å². The van der Waals surface area contributed by atoms with Gasteiger partial charge in [0.2, 0.25) is 0 Å². The molecule has 2 aromatic rings. The van der Waals surface area contributed by atoms with Gasteiger partial charge in [0.05, 0.1) is 11.0 Å². The monoisotopic (exact) mass is 339 g/mol. The van der Waals surface area contributed by atoms with E-state index >= 15 is 0 Å². The molecule has 1 amide bonds. The molecule has 1 heterocycles. The number of hydrogen-bond acceptors (Lipinski definition) is 3. The number of halogens is 1. The number of thiophene rings is 1. The van der Waals surface area contributed by atoms with E-state index in [0.29, 0.717) is 16.6 Å². The molecule has 0 saturated heterocycles. The van der Waals surface area contributed by atoms with E-state index in [0.717, 1.165) is 11.3 Å². The Hall–Kier alpha value is -1.33. The van der Waals surface area contributed by atoms with Crippen molar-refractivity contribution in [2.75, 3.05) is 0 Å². The third kappa shape index (κ3) is 3.58. The number of amides is 1. The average molecular weight is 340 g/mol. The predicted octanol–water partition coefficient (Wildman–Crippen LogP) is 3.71. The van der Waals surface area contributed by atoms with Crippen molar-refractivity contribution < 1.29 is 9.90 Å². The number of hydrogen-bond donors (Lipinski definition) is 2. The summed E-state index contributed by atoms with van der Waals surface area (Å²) in [4.78, 5) is 14.4. The molecule has 1 aromatic carbocycles. The molecule has 0 bridgehead atoms. The number of benzene rings is 1. The molecular weight excluding hydrogens is 326 g/mol. The summed E-state index contributed by atoms with van der Waals surface area (Å²) in [6, 6.07) is 8.89. The van der Waals surface area contributed by atoms with E-state index in [-0.39, 0.29) is 11.7 Å². The maximum Gasteiger partial charge on any atom is 0.251 e. The summed E-state index contributed by atoms with van der Waals surface area (Å²) in [6.45, 7) is 2.62. The molecule has 0 saturated carbocycles. The normalized spacial score (nSPS) is 10.4. The largest absolute Gasteiger partial charge is 0.507 e. The predicted molar refractivity (Wildman–Crippen MR) is 80.7 cm³/mol. The second-order valence-electron chi connectivity index (χ2n) is 4.07. The summed E-state index contributed by atoms with van der Waals surface area (Å²) < 4.78 is 0.579.